The van der Waals surface area contributed by atoms with Crippen molar-refractivity contribution < 1.29 is 14.3 Å². The van der Waals surface area contributed by atoms with Crippen LogP contribution in [0.1, 0.15) is 21.5 Å². The van der Waals surface area contributed by atoms with E-state index in [0.29, 0.717) is 18.1 Å². The van der Waals surface area contributed by atoms with Crippen molar-refractivity contribution in [1.82, 2.24) is 4.90 Å². The highest BCUT2D eigenvalue weighted by Gasteiger charge is 2.09. The fraction of sp³-hybridized carbons (Fsp3) is 0.188. The van der Waals surface area contributed by atoms with Crippen molar-refractivity contribution in [2.24, 2.45) is 0 Å². The predicted octanol–water partition coefficient (Wildman–Crippen LogP) is 3.81. The molecule has 0 aromatic heterocycles. The number of aromatic carboxylic acids is 1. The van der Waals surface area contributed by atoms with Crippen LogP contribution in [-0.4, -0.2) is 23.0 Å². The van der Waals surface area contributed by atoms with Gasteiger partial charge in [-0.2, -0.15) is 0 Å². The highest BCUT2D eigenvalue weighted by Crippen LogP contribution is 2.20. The highest BCUT2D eigenvalue weighted by molar-refractivity contribution is 6.31. The summed E-state index contributed by atoms with van der Waals surface area (Å²) >= 11 is 6.10. The third-order valence-electron chi connectivity index (χ3n) is 3.08. The molecule has 0 amide bonds. The van der Waals surface area contributed by atoms with Crippen molar-refractivity contribution in [3.05, 3.63) is 70.0 Å². The summed E-state index contributed by atoms with van der Waals surface area (Å²) in [6, 6.07) is 11.1. The Morgan fingerprint density at radius 2 is 2.00 bits per heavy atom. The van der Waals surface area contributed by atoms with Crippen LogP contribution < -0.4 is 0 Å². The molecule has 0 aliphatic rings. The van der Waals surface area contributed by atoms with Gasteiger partial charge in [0.2, 0.25) is 0 Å². The van der Waals surface area contributed by atoms with E-state index in [4.69, 9.17) is 16.7 Å². The summed E-state index contributed by atoms with van der Waals surface area (Å²) in [6.07, 6.45) is 0. The van der Waals surface area contributed by atoms with Gasteiger partial charge in [-0.25, -0.2) is 9.18 Å². The van der Waals surface area contributed by atoms with Crippen molar-refractivity contribution >= 4 is 17.6 Å². The molecule has 2 aromatic rings. The van der Waals surface area contributed by atoms with Crippen molar-refractivity contribution in [2.75, 3.05) is 7.05 Å². The van der Waals surface area contributed by atoms with Gasteiger partial charge in [-0.1, -0.05) is 29.8 Å². The van der Waals surface area contributed by atoms with Crippen molar-refractivity contribution in [3.8, 4) is 0 Å². The van der Waals surface area contributed by atoms with Crippen LogP contribution >= 0.6 is 11.6 Å². The first kappa shape index (κ1) is 15.5. The van der Waals surface area contributed by atoms with Crippen LogP contribution in [0.4, 0.5) is 4.39 Å². The fourth-order valence-electron chi connectivity index (χ4n) is 2.10. The van der Waals surface area contributed by atoms with E-state index in [9.17, 15) is 9.18 Å². The first-order valence-corrected chi connectivity index (χ1v) is 6.78. The summed E-state index contributed by atoms with van der Waals surface area (Å²) in [7, 11) is 1.90. The Bertz CT molecular complexity index is 660. The van der Waals surface area contributed by atoms with Gasteiger partial charge in [0.25, 0.3) is 0 Å². The molecule has 2 rings (SSSR count). The molecule has 21 heavy (non-hydrogen) atoms. The number of nitrogens with zero attached hydrogens (tertiary/aromatic N) is 1. The molecule has 0 spiro atoms. The molecule has 0 aliphatic carbocycles. The first-order chi connectivity index (χ1) is 9.95. The Morgan fingerprint density at radius 1 is 1.24 bits per heavy atom. The Hall–Kier alpha value is -1.91. The predicted molar refractivity (Wildman–Crippen MR) is 80.0 cm³/mol. The lowest BCUT2D eigenvalue weighted by molar-refractivity contribution is 0.0697. The number of carbonyl (C=O) groups is 1. The average molecular weight is 308 g/mol. The number of halogens is 2. The van der Waals surface area contributed by atoms with Gasteiger partial charge in [0.15, 0.2) is 0 Å². The number of rotatable bonds is 5. The Kier molecular flexibility index (Phi) is 4.94. The second-order valence-corrected chi connectivity index (χ2v) is 5.32. The number of carboxylic acids is 1. The second-order valence-electron chi connectivity index (χ2n) is 4.91. The number of hydrogen-bond acceptors (Lipinski definition) is 2. The number of carboxylic acid groups (broad SMARTS) is 1. The van der Waals surface area contributed by atoms with E-state index in [1.165, 1.54) is 24.3 Å². The van der Waals surface area contributed by atoms with Crippen LogP contribution in [0.3, 0.4) is 0 Å². The molecule has 0 radical (unpaired) electrons. The molecule has 0 fully saturated rings. The van der Waals surface area contributed by atoms with Gasteiger partial charge in [-0.15, -0.1) is 0 Å². The summed E-state index contributed by atoms with van der Waals surface area (Å²) in [6.45, 7) is 1.13. The summed E-state index contributed by atoms with van der Waals surface area (Å²) < 4.78 is 13.1. The zero-order valence-electron chi connectivity index (χ0n) is 11.5. The third kappa shape index (κ3) is 4.28. The van der Waals surface area contributed by atoms with Gasteiger partial charge in [0.05, 0.1) is 5.56 Å². The Balaban J connectivity index is 2.06. The average Bonchev–Trinajstić information content (AvgIpc) is 2.40. The van der Waals surface area contributed by atoms with E-state index in [1.807, 2.05) is 18.0 Å². The third-order valence-corrected chi connectivity index (χ3v) is 3.43. The van der Waals surface area contributed by atoms with Crippen molar-refractivity contribution in [1.29, 1.82) is 0 Å². The van der Waals surface area contributed by atoms with Crippen LogP contribution in [0.5, 0.6) is 0 Å². The zero-order chi connectivity index (χ0) is 15.4. The van der Waals surface area contributed by atoms with Gasteiger partial charge in [0.1, 0.15) is 5.82 Å². The van der Waals surface area contributed by atoms with Crippen molar-refractivity contribution in [3.63, 3.8) is 0 Å². The molecule has 1 N–H and O–H groups in total. The molecule has 0 saturated heterocycles. The summed E-state index contributed by atoms with van der Waals surface area (Å²) in [5.41, 5.74) is 1.87. The number of benzene rings is 2. The number of hydrogen-bond donors (Lipinski definition) is 1. The largest absolute Gasteiger partial charge is 0.478 e. The maximum atomic E-state index is 13.1. The van der Waals surface area contributed by atoms with E-state index < -0.39 is 5.97 Å². The van der Waals surface area contributed by atoms with Crippen LogP contribution in [0, 0.1) is 5.82 Å². The zero-order valence-corrected chi connectivity index (χ0v) is 12.3. The van der Waals surface area contributed by atoms with Crippen LogP contribution in [0.15, 0.2) is 42.5 Å². The quantitative estimate of drug-likeness (QED) is 0.913. The van der Waals surface area contributed by atoms with Crippen LogP contribution in [0.2, 0.25) is 5.02 Å². The minimum atomic E-state index is -1.00. The van der Waals surface area contributed by atoms with E-state index >= 15 is 0 Å². The molecule has 0 atom stereocenters. The lowest BCUT2D eigenvalue weighted by atomic mass is 10.1. The topological polar surface area (TPSA) is 40.5 Å². The second kappa shape index (κ2) is 6.70. The molecule has 2 aromatic carbocycles. The monoisotopic (exact) mass is 307 g/mol. The van der Waals surface area contributed by atoms with Gasteiger partial charge < -0.3 is 5.11 Å². The van der Waals surface area contributed by atoms with Crippen LogP contribution in [-0.2, 0) is 13.1 Å². The van der Waals surface area contributed by atoms with Gasteiger partial charge in [-0.3, -0.25) is 4.90 Å². The summed E-state index contributed by atoms with van der Waals surface area (Å²) in [4.78, 5) is 12.8. The molecule has 0 unspecified atom stereocenters. The molecule has 0 aliphatic heterocycles. The molecule has 0 saturated carbocycles. The van der Waals surface area contributed by atoms with E-state index in [1.54, 1.807) is 12.1 Å². The molecule has 3 nitrogen and oxygen atoms in total. The summed E-state index contributed by atoms with van der Waals surface area (Å²) in [5.74, 6) is -1.26. The van der Waals surface area contributed by atoms with E-state index in [0.717, 1.165) is 11.1 Å². The molecular formula is C16H15ClFNO2. The molecule has 5 heteroatoms. The molecule has 0 bridgehead atoms. The van der Waals surface area contributed by atoms with Gasteiger partial charge >= 0.3 is 5.97 Å². The fourth-order valence-corrected chi connectivity index (χ4v) is 2.34. The normalized spacial score (nSPS) is 10.9. The molecule has 110 valence electrons. The molecule has 0 heterocycles. The van der Waals surface area contributed by atoms with Gasteiger partial charge in [0, 0.05) is 18.1 Å². The van der Waals surface area contributed by atoms with Crippen molar-refractivity contribution in [2.45, 2.75) is 13.1 Å². The lowest BCUT2D eigenvalue weighted by Gasteiger charge is -2.18. The minimum Gasteiger partial charge on any atom is -0.478 e. The van der Waals surface area contributed by atoms with E-state index in [-0.39, 0.29) is 11.4 Å². The Morgan fingerprint density at radius 3 is 2.62 bits per heavy atom. The summed E-state index contributed by atoms with van der Waals surface area (Å²) in [5, 5.41) is 9.32. The highest BCUT2D eigenvalue weighted by atomic mass is 35.5. The first-order valence-electron chi connectivity index (χ1n) is 6.40. The van der Waals surface area contributed by atoms with E-state index in [2.05, 4.69) is 0 Å². The van der Waals surface area contributed by atoms with Crippen LogP contribution in [0.25, 0.3) is 0 Å². The lowest BCUT2D eigenvalue weighted by Crippen LogP contribution is -2.17. The standard InChI is InChI=1S/C16H15ClFNO2/c1-19(9-11-3-2-4-14(18)7-11)10-13-6-5-12(16(20)21)8-15(13)17/h2-8H,9-10H2,1H3,(H,20,21). The Labute approximate surface area is 127 Å². The molecular weight excluding hydrogens is 293 g/mol. The minimum absolute atomic E-state index is 0.163. The smallest absolute Gasteiger partial charge is 0.335 e. The maximum absolute atomic E-state index is 13.1. The maximum Gasteiger partial charge on any atom is 0.335 e. The SMILES string of the molecule is CN(Cc1cccc(F)c1)Cc1ccc(C(=O)O)cc1Cl. The van der Waals surface area contributed by atoms with Gasteiger partial charge in [-0.05, 0) is 42.4 Å².